The van der Waals surface area contributed by atoms with Crippen molar-refractivity contribution in [3.8, 4) is 11.5 Å². The van der Waals surface area contributed by atoms with Crippen LogP contribution in [0.3, 0.4) is 0 Å². The molecule has 0 saturated carbocycles. The standard InChI is InChI=1S/C19H14Cl3NO3S2/c1-2-25-15-7-11(8-16-18(24)23-19(27)28-16)6-14(22)17(15)26-9-10-3-4-12(20)13(21)5-10/h3-8H,2,9H2,1H3,(H,23,24,27)/b16-8-. The third-order valence-corrected chi connectivity index (χ3v) is 5.82. The first-order valence-electron chi connectivity index (χ1n) is 8.15. The van der Waals surface area contributed by atoms with Crippen LogP contribution in [0.1, 0.15) is 18.1 Å². The van der Waals surface area contributed by atoms with Crippen LogP contribution in [0.4, 0.5) is 0 Å². The second kappa shape index (κ2) is 9.37. The van der Waals surface area contributed by atoms with Gasteiger partial charge in [0.25, 0.3) is 5.91 Å². The summed E-state index contributed by atoms with van der Waals surface area (Å²) in [6.45, 7) is 2.53. The number of halogens is 3. The van der Waals surface area contributed by atoms with Crippen LogP contribution in [-0.4, -0.2) is 16.8 Å². The topological polar surface area (TPSA) is 47.6 Å². The third-order valence-electron chi connectivity index (χ3n) is 3.64. The van der Waals surface area contributed by atoms with E-state index in [2.05, 4.69) is 5.32 Å². The molecule has 9 heteroatoms. The van der Waals surface area contributed by atoms with E-state index in [0.717, 1.165) is 5.56 Å². The van der Waals surface area contributed by atoms with Crippen molar-refractivity contribution in [2.24, 2.45) is 0 Å². The van der Waals surface area contributed by atoms with E-state index in [4.69, 9.17) is 56.5 Å². The fraction of sp³-hybridized carbons (Fsp3) is 0.158. The summed E-state index contributed by atoms with van der Waals surface area (Å²) in [7, 11) is 0. The number of hydrogen-bond acceptors (Lipinski definition) is 5. The summed E-state index contributed by atoms with van der Waals surface area (Å²) in [6, 6.07) is 8.73. The van der Waals surface area contributed by atoms with Crippen LogP contribution in [0.25, 0.3) is 6.08 Å². The first-order chi connectivity index (χ1) is 13.4. The van der Waals surface area contributed by atoms with Crippen molar-refractivity contribution in [2.75, 3.05) is 6.61 Å². The van der Waals surface area contributed by atoms with Gasteiger partial charge in [0.05, 0.1) is 26.6 Å². The molecule has 0 radical (unpaired) electrons. The van der Waals surface area contributed by atoms with Crippen molar-refractivity contribution in [3.63, 3.8) is 0 Å². The van der Waals surface area contributed by atoms with E-state index >= 15 is 0 Å². The van der Waals surface area contributed by atoms with Crippen LogP contribution in [0.15, 0.2) is 35.2 Å². The molecule has 1 fully saturated rings. The van der Waals surface area contributed by atoms with E-state index in [0.29, 0.717) is 48.0 Å². The lowest BCUT2D eigenvalue weighted by atomic mass is 10.1. The summed E-state index contributed by atoms with van der Waals surface area (Å²) < 4.78 is 12.0. The number of carbonyl (C=O) groups excluding carboxylic acids is 1. The predicted molar refractivity (Wildman–Crippen MR) is 120 cm³/mol. The summed E-state index contributed by atoms with van der Waals surface area (Å²) in [5.41, 5.74) is 1.55. The van der Waals surface area contributed by atoms with Gasteiger partial charge in [-0.1, -0.05) is 64.8 Å². The van der Waals surface area contributed by atoms with Gasteiger partial charge in [-0.2, -0.15) is 0 Å². The van der Waals surface area contributed by atoms with Crippen molar-refractivity contribution in [3.05, 3.63) is 61.4 Å². The van der Waals surface area contributed by atoms with Crippen molar-refractivity contribution >= 4 is 75.1 Å². The molecule has 28 heavy (non-hydrogen) atoms. The summed E-state index contributed by atoms with van der Waals surface area (Å²) in [6.07, 6.45) is 1.70. The molecule has 1 aliphatic rings. The Morgan fingerprint density at radius 3 is 2.54 bits per heavy atom. The minimum atomic E-state index is -0.232. The van der Waals surface area contributed by atoms with E-state index in [-0.39, 0.29) is 12.5 Å². The number of hydrogen-bond donors (Lipinski definition) is 1. The summed E-state index contributed by atoms with van der Waals surface area (Å²) >= 11 is 24.6. The van der Waals surface area contributed by atoms with E-state index < -0.39 is 0 Å². The Hall–Kier alpha value is -1.44. The first kappa shape index (κ1) is 21.3. The van der Waals surface area contributed by atoms with Crippen LogP contribution in [0, 0.1) is 0 Å². The van der Waals surface area contributed by atoms with Gasteiger partial charge in [0, 0.05) is 0 Å². The number of carbonyl (C=O) groups is 1. The lowest BCUT2D eigenvalue weighted by Crippen LogP contribution is -2.17. The van der Waals surface area contributed by atoms with Crippen LogP contribution < -0.4 is 14.8 Å². The molecule has 0 aliphatic carbocycles. The first-order valence-corrected chi connectivity index (χ1v) is 10.5. The number of nitrogens with one attached hydrogen (secondary N) is 1. The predicted octanol–water partition coefficient (Wildman–Crippen LogP) is 6.11. The number of amides is 1. The molecule has 1 aliphatic heterocycles. The third kappa shape index (κ3) is 5.13. The lowest BCUT2D eigenvalue weighted by molar-refractivity contribution is -0.115. The molecule has 0 bridgehead atoms. The molecule has 1 saturated heterocycles. The van der Waals surface area contributed by atoms with Crippen molar-refractivity contribution in [2.45, 2.75) is 13.5 Å². The van der Waals surface area contributed by atoms with Crippen LogP contribution in [0.5, 0.6) is 11.5 Å². The molecule has 2 aromatic rings. The molecule has 1 N–H and O–H groups in total. The number of thiocarbonyl (C=S) groups is 1. The molecule has 146 valence electrons. The van der Waals surface area contributed by atoms with Gasteiger partial charge in [-0.05, 0) is 48.4 Å². The fourth-order valence-corrected chi connectivity index (χ4v) is 4.07. The number of thioether (sulfide) groups is 1. The van der Waals surface area contributed by atoms with Gasteiger partial charge in [-0.3, -0.25) is 4.79 Å². The average molecular weight is 475 g/mol. The number of rotatable bonds is 6. The number of benzene rings is 2. The Labute approximate surface area is 187 Å². The molecular formula is C19H14Cl3NO3S2. The summed E-state index contributed by atoms with van der Waals surface area (Å²) in [5, 5.41) is 3.87. The van der Waals surface area contributed by atoms with Crippen LogP contribution >= 0.6 is 58.8 Å². The van der Waals surface area contributed by atoms with Crippen molar-refractivity contribution in [1.82, 2.24) is 5.32 Å². The maximum absolute atomic E-state index is 11.9. The van der Waals surface area contributed by atoms with Crippen LogP contribution in [0.2, 0.25) is 15.1 Å². The molecule has 0 unspecified atom stereocenters. The fourth-order valence-electron chi connectivity index (χ4n) is 2.43. The summed E-state index contributed by atoms with van der Waals surface area (Å²) in [5.74, 6) is 0.660. The van der Waals surface area contributed by atoms with Gasteiger partial charge >= 0.3 is 0 Å². The van der Waals surface area contributed by atoms with Crippen LogP contribution in [-0.2, 0) is 11.4 Å². The van der Waals surface area contributed by atoms with Gasteiger partial charge in [0.15, 0.2) is 11.5 Å². The Balaban J connectivity index is 1.86. The quantitative estimate of drug-likeness (QED) is 0.404. The largest absolute Gasteiger partial charge is 0.490 e. The monoisotopic (exact) mass is 473 g/mol. The molecule has 0 spiro atoms. The molecular weight excluding hydrogens is 461 g/mol. The minimum absolute atomic E-state index is 0.232. The minimum Gasteiger partial charge on any atom is -0.490 e. The number of ether oxygens (including phenoxy) is 2. The van der Waals surface area contributed by atoms with Gasteiger partial charge in [0.2, 0.25) is 0 Å². The second-order valence-electron chi connectivity index (χ2n) is 5.65. The molecule has 3 rings (SSSR count). The molecule has 1 amide bonds. The average Bonchev–Trinajstić information content (AvgIpc) is 2.94. The Morgan fingerprint density at radius 2 is 1.89 bits per heavy atom. The van der Waals surface area contributed by atoms with E-state index in [1.165, 1.54) is 11.8 Å². The van der Waals surface area contributed by atoms with Gasteiger partial charge < -0.3 is 14.8 Å². The highest BCUT2D eigenvalue weighted by atomic mass is 35.5. The Bertz CT molecular complexity index is 979. The zero-order valence-corrected chi connectivity index (χ0v) is 18.5. The van der Waals surface area contributed by atoms with Gasteiger partial charge in [0.1, 0.15) is 10.9 Å². The van der Waals surface area contributed by atoms with Gasteiger partial charge in [-0.25, -0.2) is 0 Å². The molecule has 2 aromatic carbocycles. The summed E-state index contributed by atoms with van der Waals surface area (Å²) in [4.78, 5) is 12.4. The van der Waals surface area contributed by atoms with E-state index in [9.17, 15) is 4.79 Å². The maximum Gasteiger partial charge on any atom is 0.263 e. The molecule has 1 heterocycles. The SMILES string of the molecule is CCOc1cc(/C=C2\SC(=S)NC2=O)cc(Cl)c1OCc1ccc(Cl)c(Cl)c1. The zero-order valence-electron chi connectivity index (χ0n) is 14.6. The van der Waals surface area contributed by atoms with E-state index in [1.807, 2.05) is 13.0 Å². The van der Waals surface area contributed by atoms with E-state index in [1.54, 1.807) is 30.3 Å². The highest BCUT2D eigenvalue weighted by Crippen LogP contribution is 2.39. The second-order valence-corrected chi connectivity index (χ2v) is 8.59. The van der Waals surface area contributed by atoms with Crippen molar-refractivity contribution in [1.29, 1.82) is 0 Å². The molecule has 0 aromatic heterocycles. The van der Waals surface area contributed by atoms with Crippen molar-refractivity contribution < 1.29 is 14.3 Å². The highest BCUT2D eigenvalue weighted by Gasteiger charge is 2.22. The Kier molecular flexibility index (Phi) is 7.12. The maximum atomic E-state index is 11.9. The Morgan fingerprint density at radius 1 is 1.11 bits per heavy atom. The lowest BCUT2D eigenvalue weighted by Gasteiger charge is -2.15. The zero-order chi connectivity index (χ0) is 20.3. The highest BCUT2D eigenvalue weighted by molar-refractivity contribution is 8.26. The smallest absolute Gasteiger partial charge is 0.263 e. The van der Waals surface area contributed by atoms with Gasteiger partial charge in [-0.15, -0.1) is 0 Å². The normalized spacial score (nSPS) is 15.1. The molecule has 4 nitrogen and oxygen atoms in total. The molecule has 0 atom stereocenters.